The number of benzene rings is 2. The van der Waals surface area contributed by atoms with Crippen LogP contribution in [0.25, 0.3) is 0 Å². The average Bonchev–Trinajstić information content (AvgIpc) is 3.22. The van der Waals surface area contributed by atoms with Crippen molar-refractivity contribution in [2.75, 3.05) is 17.3 Å². The number of hydrogen-bond donors (Lipinski definition) is 1. The first kappa shape index (κ1) is 18.5. The van der Waals surface area contributed by atoms with Crippen molar-refractivity contribution < 1.29 is 14.3 Å². The van der Waals surface area contributed by atoms with Crippen LogP contribution in [0.2, 0.25) is 5.02 Å². The molecule has 1 aliphatic rings. The van der Waals surface area contributed by atoms with E-state index in [4.69, 9.17) is 16.3 Å². The zero-order valence-electron chi connectivity index (χ0n) is 15.0. The van der Waals surface area contributed by atoms with Gasteiger partial charge < -0.3 is 10.1 Å². The zero-order valence-corrected chi connectivity index (χ0v) is 16.6. The lowest BCUT2D eigenvalue weighted by atomic mass is 9.80. The number of hydrogen-bond acceptors (Lipinski definition) is 4. The molecule has 0 spiro atoms. The van der Waals surface area contributed by atoms with E-state index in [9.17, 15) is 9.59 Å². The van der Waals surface area contributed by atoms with Crippen molar-refractivity contribution in [2.24, 2.45) is 0 Å². The number of nitrogens with one attached hydrogen (secondary N) is 1. The molecule has 1 saturated heterocycles. The van der Waals surface area contributed by atoms with Crippen molar-refractivity contribution in [3.8, 4) is 5.75 Å². The Morgan fingerprint density at radius 2 is 1.89 bits per heavy atom. The van der Waals surface area contributed by atoms with Gasteiger partial charge in [-0.15, -0.1) is 11.3 Å². The van der Waals surface area contributed by atoms with E-state index in [1.807, 2.05) is 29.6 Å². The molecule has 0 bridgehead atoms. The SMILES string of the molecule is COc1ccccc1NC(=O)C1(c2cccs2)CC(=O)N1c1ccc(Cl)cc1. The van der Waals surface area contributed by atoms with Gasteiger partial charge in [-0.1, -0.05) is 29.8 Å². The van der Waals surface area contributed by atoms with E-state index in [1.165, 1.54) is 11.3 Å². The third kappa shape index (κ3) is 2.95. The second-order valence-electron chi connectivity index (χ2n) is 6.37. The van der Waals surface area contributed by atoms with E-state index in [0.29, 0.717) is 22.1 Å². The molecule has 1 fully saturated rings. The number of nitrogens with zero attached hydrogens (tertiary/aromatic N) is 1. The normalized spacial score (nSPS) is 18.5. The topological polar surface area (TPSA) is 58.6 Å². The number of β-lactam (4-membered cyclic amide) rings is 1. The maximum Gasteiger partial charge on any atom is 0.256 e. The van der Waals surface area contributed by atoms with Gasteiger partial charge in [-0.2, -0.15) is 0 Å². The number of ether oxygens (including phenoxy) is 1. The fourth-order valence-corrected chi connectivity index (χ4v) is 4.47. The third-order valence-electron chi connectivity index (χ3n) is 4.78. The molecule has 7 heteroatoms. The van der Waals surface area contributed by atoms with Gasteiger partial charge in [0.25, 0.3) is 5.91 Å². The van der Waals surface area contributed by atoms with Crippen LogP contribution < -0.4 is 15.0 Å². The Morgan fingerprint density at radius 1 is 1.14 bits per heavy atom. The number of carbonyl (C=O) groups excluding carboxylic acids is 2. The van der Waals surface area contributed by atoms with E-state index < -0.39 is 5.54 Å². The Hall–Kier alpha value is -2.83. The van der Waals surface area contributed by atoms with Gasteiger partial charge in [0.1, 0.15) is 5.75 Å². The fourth-order valence-electron chi connectivity index (χ4n) is 3.43. The number of rotatable bonds is 5. The highest BCUT2D eigenvalue weighted by Crippen LogP contribution is 2.47. The summed E-state index contributed by atoms with van der Waals surface area (Å²) in [5.41, 5.74) is 0.0745. The molecular formula is C21H17ClN2O3S. The first-order valence-electron chi connectivity index (χ1n) is 8.63. The van der Waals surface area contributed by atoms with Crippen molar-refractivity contribution in [1.82, 2.24) is 0 Å². The summed E-state index contributed by atoms with van der Waals surface area (Å²) in [6, 6.07) is 17.9. The number of methoxy groups -OCH3 is 1. The summed E-state index contributed by atoms with van der Waals surface area (Å²) in [6.45, 7) is 0. The number of thiophene rings is 1. The van der Waals surface area contributed by atoms with Crippen molar-refractivity contribution in [3.63, 3.8) is 0 Å². The van der Waals surface area contributed by atoms with E-state index in [2.05, 4.69) is 5.32 Å². The lowest BCUT2D eigenvalue weighted by Gasteiger charge is -2.49. The highest BCUT2D eigenvalue weighted by atomic mass is 35.5. The minimum Gasteiger partial charge on any atom is -0.495 e. The predicted molar refractivity (Wildman–Crippen MR) is 111 cm³/mol. The number of amides is 2. The minimum atomic E-state index is -1.11. The number of halogens is 1. The maximum absolute atomic E-state index is 13.5. The zero-order chi connectivity index (χ0) is 19.7. The summed E-state index contributed by atoms with van der Waals surface area (Å²) in [6.07, 6.45) is 0.0944. The second-order valence-corrected chi connectivity index (χ2v) is 7.76. The van der Waals surface area contributed by atoms with Gasteiger partial charge in [0, 0.05) is 15.6 Å². The van der Waals surface area contributed by atoms with Crippen molar-refractivity contribution in [3.05, 3.63) is 75.9 Å². The summed E-state index contributed by atoms with van der Waals surface area (Å²) >= 11 is 7.44. The number of carbonyl (C=O) groups is 2. The summed E-state index contributed by atoms with van der Waals surface area (Å²) in [7, 11) is 1.55. The van der Waals surface area contributed by atoms with Crippen LogP contribution in [0.4, 0.5) is 11.4 Å². The van der Waals surface area contributed by atoms with Gasteiger partial charge in [0.05, 0.1) is 19.2 Å². The summed E-state index contributed by atoms with van der Waals surface area (Å²) in [5.74, 6) is 0.153. The van der Waals surface area contributed by atoms with Crippen LogP contribution in [-0.2, 0) is 15.1 Å². The molecule has 0 saturated carbocycles. The monoisotopic (exact) mass is 412 g/mol. The molecule has 1 N–H and O–H groups in total. The van der Waals surface area contributed by atoms with E-state index in [0.717, 1.165) is 4.88 Å². The Morgan fingerprint density at radius 3 is 2.54 bits per heavy atom. The number of anilines is 2. The number of para-hydroxylation sites is 2. The maximum atomic E-state index is 13.5. The second kappa shape index (κ2) is 7.30. The molecule has 1 atom stereocenters. The van der Waals surface area contributed by atoms with Crippen LogP contribution in [0.3, 0.4) is 0 Å². The van der Waals surface area contributed by atoms with Gasteiger partial charge in [0.15, 0.2) is 5.54 Å². The molecule has 0 aliphatic carbocycles. The smallest absolute Gasteiger partial charge is 0.256 e. The first-order chi connectivity index (χ1) is 13.6. The average molecular weight is 413 g/mol. The lowest BCUT2D eigenvalue weighted by molar-refractivity contribution is -0.137. The molecule has 4 rings (SSSR count). The molecule has 3 aromatic rings. The van der Waals surface area contributed by atoms with Crippen LogP contribution >= 0.6 is 22.9 Å². The van der Waals surface area contributed by atoms with E-state index in [1.54, 1.807) is 48.4 Å². The first-order valence-corrected chi connectivity index (χ1v) is 9.89. The van der Waals surface area contributed by atoms with Gasteiger partial charge >= 0.3 is 0 Å². The van der Waals surface area contributed by atoms with Crippen LogP contribution in [0.5, 0.6) is 5.75 Å². The standard InChI is InChI=1S/C21H17ClN2O3S/c1-27-17-6-3-2-5-16(17)23-20(26)21(18-7-4-12-28-18)13-19(25)24(21)15-10-8-14(22)9-11-15/h2-12H,13H2,1H3,(H,23,26). The van der Waals surface area contributed by atoms with E-state index >= 15 is 0 Å². The van der Waals surface area contributed by atoms with Crippen LogP contribution in [0.15, 0.2) is 66.0 Å². The van der Waals surface area contributed by atoms with E-state index in [-0.39, 0.29) is 18.2 Å². The Balaban J connectivity index is 1.76. The third-order valence-corrected chi connectivity index (χ3v) is 6.06. The molecule has 1 aliphatic heterocycles. The van der Waals surface area contributed by atoms with Crippen LogP contribution in [0, 0.1) is 0 Å². The Bertz CT molecular complexity index is 1020. The molecule has 0 radical (unpaired) electrons. The molecule has 1 aromatic heterocycles. The molecule has 2 amide bonds. The summed E-state index contributed by atoms with van der Waals surface area (Å²) in [5, 5.41) is 5.41. The molecule has 28 heavy (non-hydrogen) atoms. The van der Waals surface area contributed by atoms with Gasteiger partial charge in [-0.25, -0.2) is 0 Å². The highest BCUT2D eigenvalue weighted by Gasteiger charge is 2.59. The Kier molecular flexibility index (Phi) is 4.83. The van der Waals surface area contributed by atoms with Crippen molar-refractivity contribution in [1.29, 1.82) is 0 Å². The largest absolute Gasteiger partial charge is 0.495 e. The molecule has 1 unspecified atom stereocenters. The molecule has 2 heterocycles. The molecule has 2 aromatic carbocycles. The van der Waals surface area contributed by atoms with Crippen LogP contribution in [-0.4, -0.2) is 18.9 Å². The van der Waals surface area contributed by atoms with Gasteiger partial charge in [-0.05, 0) is 47.8 Å². The Labute approximate surface area is 171 Å². The molecular weight excluding hydrogens is 396 g/mol. The van der Waals surface area contributed by atoms with Crippen molar-refractivity contribution >= 4 is 46.1 Å². The minimum absolute atomic E-state index is 0.0944. The summed E-state index contributed by atoms with van der Waals surface area (Å²) < 4.78 is 5.34. The quantitative estimate of drug-likeness (QED) is 0.619. The predicted octanol–water partition coefficient (Wildman–Crippen LogP) is 4.68. The van der Waals surface area contributed by atoms with Gasteiger partial charge in [-0.3, -0.25) is 14.5 Å². The van der Waals surface area contributed by atoms with Crippen molar-refractivity contribution in [2.45, 2.75) is 12.0 Å². The fraction of sp³-hybridized carbons (Fsp3) is 0.143. The summed E-state index contributed by atoms with van der Waals surface area (Å²) in [4.78, 5) is 28.4. The molecule has 142 valence electrons. The molecule has 5 nitrogen and oxygen atoms in total. The highest BCUT2D eigenvalue weighted by molar-refractivity contribution is 7.10. The lowest BCUT2D eigenvalue weighted by Crippen LogP contribution is -2.67. The van der Waals surface area contributed by atoms with Crippen LogP contribution in [0.1, 0.15) is 11.3 Å². The van der Waals surface area contributed by atoms with Gasteiger partial charge in [0.2, 0.25) is 5.91 Å².